The topological polar surface area (TPSA) is 125 Å². The molecule has 0 unspecified atom stereocenters. The van der Waals surface area contributed by atoms with Crippen LogP contribution >= 0.6 is 11.8 Å². The zero-order chi connectivity index (χ0) is 20.4. The maximum atomic E-state index is 9.88. The van der Waals surface area contributed by atoms with Crippen LogP contribution in [0.5, 0.6) is 17.2 Å². The summed E-state index contributed by atoms with van der Waals surface area (Å²) >= 11 is 1.18. The van der Waals surface area contributed by atoms with E-state index in [4.69, 9.17) is 15.2 Å². The van der Waals surface area contributed by atoms with E-state index in [0.717, 1.165) is 0 Å². The number of aromatic hydroxyl groups is 1. The molecule has 2 aromatic carbocycles. The molecular formula is C21H14N4O3S. The molecule has 0 radical (unpaired) electrons. The Hall–Kier alpha value is -3.88. The third kappa shape index (κ3) is 3.49. The fraction of sp³-hybridized carbons (Fsp3) is 0.0952. The van der Waals surface area contributed by atoms with Gasteiger partial charge in [0.2, 0.25) is 0 Å². The van der Waals surface area contributed by atoms with Crippen LogP contribution in [0.25, 0.3) is 11.1 Å². The van der Waals surface area contributed by atoms with E-state index in [2.05, 4.69) is 17.1 Å². The van der Waals surface area contributed by atoms with Crippen molar-refractivity contribution in [3.05, 3.63) is 53.6 Å². The first kappa shape index (κ1) is 18.5. The number of ether oxygens (including phenoxy) is 2. The number of benzene rings is 2. The summed E-state index contributed by atoms with van der Waals surface area (Å²) in [6, 6.07) is 16.0. The fourth-order valence-electron chi connectivity index (χ4n) is 3.02. The number of nitrogens with two attached hydrogens (primary N) is 1. The average Bonchev–Trinajstić information content (AvgIpc) is 2.73. The summed E-state index contributed by atoms with van der Waals surface area (Å²) in [6.07, 6.45) is 0. The smallest absolute Gasteiger partial charge is 0.161 e. The lowest BCUT2D eigenvalue weighted by molar-refractivity contribution is 0.171. The Labute approximate surface area is 170 Å². The lowest BCUT2D eigenvalue weighted by Crippen LogP contribution is -2.15. The standard InChI is InChI=1S/C21H14N4O3S/c22-10-15-19(12-4-5-17-18(8-12)28-7-6-27-17)16(11-23)21(25-20(15)24)29-14-3-1-2-13(26)9-14/h1-5,8-9,26H,6-7H2,(H2,24,25). The Bertz CT molecular complexity index is 1200. The highest BCUT2D eigenvalue weighted by atomic mass is 32.2. The molecule has 1 aliphatic heterocycles. The Kier molecular flexibility index (Phi) is 4.86. The highest BCUT2D eigenvalue weighted by Crippen LogP contribution is 2.41. The van der Waals surface area contributed by atoms with Crippen LogP contribution in [0.3, 0.4) is 0 Å². The van der Waals surface area contributed by atoms with Crippen LogP contribution < -0.4 is 15.2 Å². The van der Waals surface area contributed by atoms with E-state index in [1.54, 1.807) is 42.5 Å². The number of pyridine rings is 1. The van der Waals surface area contributed by atoms with Crippen LogP contribution in [0.1, 0.15) is 11.1 Å². The Balaban J connectivity index is 1.90. The van der Waals surface area contributed by atoms with E-state index in [9.17, 15) is 15.6 Å². The number of aromatic nitrogens is 1. The molecule has 0 atom stereocenters. The quantitative estimate of drug-likeness (QED) is 0.679. The summed E-state index contributed by atoms with van der Waals surface area (Å²) in [6.45, 7) is 0.885. The molecule has 3 aromatic rings. The molecule has 0 saturated heterocycles. The van der Waals surface area contributed by atoms with Gasteiger partial charge in [0, 0.05) is 10.5 Å². The predicted octanol–water partition coefficient (Wildman–Crippen LogP) is 3.70. The van der Waals surface area contributed by atoms with Crippen molar-refractivity contribution < 1.29 is 14.6 Å². The Morgan fingerprint density at radius 3 is 2.48 bits per heavy atom. The van der Waals surface area contributed by atoms with Gasteiger partial charge in [0.25, 0.3) is 0 Å². The second-order valence-corrected chi connectivity index (χ2v) is 7.17. The van der Waals surface area contributed by atoms with E-state index in [1.807, 2.05) is 0 Å². The van der Waals surface area contributed by atoms with Crippen molar-refractivity contribution in [2.75, 3.05) is 18.9 Å². The van der Waals surface area contributed by atoms with Gasteiger partial charge < -0.3 is 20.3 Å². The predicted molar refractivity (Wildman–Crippen MR) is 107 cm³/mol. The first-order valence-electron chi connectivity index (χ1n) is 8.61. The number of rotatable bonds is 3. The number of nitrogen functional groups attached to an aromatic ring is 1. The van der Waals surface area contributed by atoms with E-state index in [1.165, 1.54) is 11.8 Å². The molecule has 0 fully saturated rings. The number of nitrogens with zero attached hydrogens (tertiary/aromatic N) is 3. The summed E-state index contributed by atoms with van der Waals surface area (Å²) in [5.74, 6) is 1.27. The van der Waals surface area contributed by atoms with Gasteiger partial charge in [0.1, 0.15) is 47.5 Å². The van der Waals surface area contributed by atoms with Crippen molar-refractivity contribution in [1.82, 2.24) is 4.98 Å². The van der Waals surface area contributed by atoms with Crippen LogP contribution in [0.4, 0.5) is 5.82 Å². The minimum absolute atomic E-state index is 0.0269. The molecule has 0 saturated carbocycles. The highest BCUT2D eigenvalue weighted by Gasteiger charge is 2.23. The molecular weight excluding hydrogens is 388 g/mol. The van der Waals surface area contributed by atoms with Crippen molar-refractivity contribution in [2.45, 2.75) is 9.92 Å². The van der Waals surface area contributed by atoms with E-state index < -0.39 is 0 Å². The number of phenols is 1. The largest absolute Gasteiger partial charge is 0.508 e. The number of hydrogen-bond acceptors (Lipinski definition) is 8. The minimum Gasteiger partial charge on any atom is -0.508 e. The number of hydrogen-bond donors (Lipinski definition) is 2. The van der Waals surface area contributed by atoms with Crippen LogP contribution in [-0.4, -0.2) is 23.3 Å². The maximum absolute atomic E-state index is 9.88. The van der Waals surface area contributed by atoms with Crippen LogP contribution in [0.2, 0.25) is 0 Å². The third-order valence-corrected chi connectivity index (χ3v) is 5.26. The zero-order valence-electron chi connectivity index (χ0n) is 15.0. The third-order valence-electron chi connectivity index (χ3n) is 4.28. The van der Waals surface area contributed by atoms with E-state index in [0.29, 0.717) is 45.8 Å². The maximum Gasteiger partial charge on any atom is 0.161 e. The van der Waals surface area contributed by atoms with Gasteiger partial charge in [-0.2, -0.15) is 10.5 Å². The monoisotopic (exact) mass is 402 g/mol. The van der Waals surface area contributed by atoms with Gasteiger partial charge in [0.05, 0.1) is 5.56 Å². The molecule has 4 rings (SSSR count). The fourth-order valence-corrected chi connectivity index (χ4v) is 3.96. The van der Waals surface area contributed by atoms with Gasteiger partial charge in [-0.25, -0.2) is 4.98 Å². The lowest BCUT2D eigenvalue weighted by atomic mass is 9.96. The number of fused-ring (bicyclic) bond motifs is 1. The molecule has 1 aliphatic rings. The summed E-state index contributed by atoms with van der Waals surface area (Å²) < 4.78 is 11.2. The average molecular weight is 402 g/mol. The molecule has 0 spiro atoms. The summed E-state index contributed by atoms with van der Waals surface area (Å²) in [7, 11) is 0. The molecule has 7 nitrogen and oxygen atoms in total. The molecule has 142 valence electrons. The van der Waals surface area contributed by atoms with E-state index >= 15 is 0 Å². The molecule has 29 heavy (non-hydrogen) atoms. The van der Waals surface area contributed by atoms with Crippen LogP contribution in [-0.2, 0) is 0 Å². The van der Waals surface area contributed by atoms with Gasteiger partial charge in [-0.1, -0.05) is 23.9 Å². The Morgan fingerprint density at radius 2 is 1.76 bits per heavy atom. The first-order chi connectivity index (χ1) is 14.1. The summed E-state index contributed by atoms with van der Waals surface area (Å²) in [5, 5.41) is 29.6. The van der Waals surface area contributed by atoms with Crippen molar-refractivity contribution in [1.29, 1.82) is 10.5 Å². The van der Waals surface area contributed by atoms with Gasteiger partial charge in [-0.05, 0) is 35.9 Å². The second kappa shape index (κ2) is 7.63. The molecule has 3 N–H and O–H groups in total. The SMILES string of the molecule is N#Cc1c(N)nc(Sc2cccc(O)c2)c(C#N)c1-c1ccc2c(c1)OCCO2. The second-order valence-electron chi connectivity index (χ2n) is 6.11. The van der Waals surface area contributed by atoms with Crippen molar-refractivity contribution in [3.8, 4) is 40.5 Å². The van der Waals surface area contributed by atoms with Gasteiger partial charge in [-0.3, -0.25) is 0 Å². The molecule has 0 aliphatic carbocycles. The van der Waals surface area contributed by atoms with Gasteiger partial charge in [-0.15, -0.1) is 0 Å². The number of anilines is 1. The highest BCUT2D eigenvalue weighted by molar-refractivity contribution is 7.99. The van der Waals surface area contributed by atoms with Crippen LogP contribution in [0, 0.1) is 22.7 Å². The molecule has 1 aromatic heterocycles. The van der Waals surface area contributed by atoms with Gasteiger partial charge in [0.15, 0.2) is 11.5 Å². The summed E-state index contributed by atoms with van der Waals surface area (Å²) in [4.78, 5) is 4.96. The van der Waals surface area contributed by atoms with Crippen molar-refractivity contribution in [3.63, 3.8) is 0 Å². The molecule has 2 heterocycles. The minimum atomic E-state index is 0.0269. The van der Waals surface area contributed by atoms with Crippen molar-refractivity contribution >= 4 is 17.6 Å². The lowest BCUT2D eigenvalue weighted by Gasteiger charge is -2.20. The molecule has 0 amide bonds. The zero-order valence-corrected chi connectivity index (χ0v) is 15.9. The normalized spacial score (nSPS) is 12.1. The first-order valence-corrected chi connectivity index (χ1v) is 9.43. The molecule has 0 bridgehead atoms. The van der Waals surface area contributed by atoms with Gasteiger partial charge >= 0.3 is 0 Å². The number of phenolic OH excluding ortho intramolecular Hbond substituents is 1. The Morgan fingerprint density at radius 1 is 1.00 bits per heavy atom. The van der Waals surface area contributed by atoms with Crippen molar-refractivity contribution in [2.24, 2.45) is 0 Å². The van der Waals surface area contributed by atoms with E-state index in [-0.39, 0.29) is 22.7 Å². The number of nitriles is 2. The van der Waals surface area contributed by atoms with Crippen LogP contribution in [0.15, 0.2) is 52.4 Å². The summed E-state index contributed by atoms with van der Waals surface area (Å²) in [5.41, 5.74) is 7.40. The molecule has 8 heteroatoms.